The molecule has 3 aromatic rings. The highest BCUT2D eigenvalue weighted by molar-refractivity contribution is 7.98. The van der Waals surface area contributed by atoms with Crippen LogP contribution in [0.4, 0.5) is 0 Å². The number of rotatable bonds is 4. The van der Waals surface area contributed by atoms with Crippen molar-refractivity contribution in [2.24, 2.45) is 0 Å². The van der Waals surface area contributed by atoms with E-state index in [4.69, 9.17) is 5.26 Å². The van der Waals surface area contributed by atoms with Gasteiger partial charge in [-0.3, -0.25) is 10.1 Å². The van der Waals surface area contributed by atoms with E-state index in [1.807, 2.05) is 36.4 Å². The van der Waals surface area contributed by atoms with Crippen molar-refractivity contribution in [1.29, 1.82) is 5.26 Å². The normalized spacial score (nSPS) is 10.2. The van der Waals surface area contributed by atoms with Gasteiger partial charge in [-0.1, -0.05) is 30.0 Å². The summed E-state index contributed by atoms with van der Waals surface area (Å²) in [6, 6.07) is 13.5. The maximum absolute atomic E-state index is 9.07. The predicted octanol–water partition coefficient (Wildman–Crippen LogP) is 3.03. The van der Waals surface area contributed by atoms with E-state index < -0.39 is 0 Å². The average molecular weight is 293 g/mol. The summed E-state index contributed by atoms with van der Waals surface area (Å²) in [7, 11) is 0. The van der Waals surface area contributed by atoms with Crippen molar-refractivity contribution >= 4 is 11.8 Å². The SMILES string of the molecule is N#Cc1ccccc1CSc1n[nH]c(-c2ccncc2)n1. The topological polar surface area (TPSA) is 78.2 Å². The maximum Gasteiger partial charge on any atom is 0.209 e. The third-order valence-corrected chi connectivity index (χ3v) is 3.81. The van der Waals surface area contributed by atoms with Crippen molar-refractivity contribution in [2.75, 3.05) is 0 Å². The largest absolute Gasteiger partial charge is 0.265 e. The smallest absolute Gasteiger partial charge is 0.209 e. The van der Waals surface area contributed by atoms with Crippen LogP contribution in [-0.4, -0.2) is 20.2 Å². The number of aromatic amines is 1. The summed E-state index contributed by atoms with van der Waals surface area (Å²) in [5.41, 5.74) is 2.62. The van der Waals surface area contributed by atoms with E-state index in [0.717, 1.165) is 11.1 Å². The van der Waals surface area contributed by atoms with E-state index in [-0.39, 0.29) is 0 Å². The van der Waals surface area contributed by atoms with Crippen LogP contribution in [0.1, 0.15) is 11.1 Å². The summed E-state index contributed by atoms with van der Waals surface area (Å²) >= 11 is 1.50. The van der Waals surface area contributed by atoms with Crippen LogP contribution in [0.3, 0.4) is 0 Å². The molecule has 102 valence electrons. The molecule has 0 aliphatic carbocycles. The van der Waals surface area contributed by atoms with Crippen molar-refractivity contribution in [3.63, 3.8) is 0 Å². The first-order chi connectivity index (χ1) is 10.4. The van der Waals surface area contributed by atoms with Crippen molar-refractivity contribution < 1.29 is 0 Å². The number of thioether (sulfide) groups is 1. The zero-order chi connectivity index (χ0) is 14.5. The van der Waals surface area contributed by atoms with Crippen LogP contribution in [0.25, 0.3) is 11.4 Å². The quantitative estimate of drug-likeness (QED) is 0.748. The van der Waals surface area contributed by atoms with Gasteiger partial charge in [-0.05, 0) is 23.8 Å². The zero-order valence-electron chi connectivity index (χ0n) is 11.0. The Hall–Kier alpha value is -2.65. The summed E-state index contributed by atoms with van der Waals surface area (Å²) < 4.78 is 0. The van der Waals surface area contributed by atoms with Crippen LogP contribution in [0.2, 0.25) is 0 Å². The fourth-order valence-electron chi connectivity index (χ4n) is 1.85. The Bertz CT molecular complexity index is 776. The minimum absolute atomic E-state index is 0.662. The van der Waals surface area contributed by atoms with E-state index >= 15 is 0 Å². The fraction of sp³-hybridized carbons (Fsp3) is 0.0667. The molecular weight excluding hydrogens is 282 g/mol. The number of hydrogen-bond donors (Lipinski definition) is 1. The summed E-state index contributed by atoms with van der Waals surface area (Å²) in [6.45, 7) is 0. The molecule has 0 amide bonds. The lowest BCUT2D eigenvalue weighted by atomic mass is 10.1. The van der Waals surface area contributed by atoms with Gasteiger partial charge in [0.2, 0.25) is 5.16 Å². The average Bonchev–Trinajstić information content (AvgIpc) is 3.03. The number of nitrogens with one attached hydrogen (secondary N) is 1. The molecule has 0 fully saturated rings. The van der Waals surface area contributed by atoms with Crippen LogP contribution in [0.15, 0.2) is 53.9 Å². The predicted molar refractivity (Wildman–Crippen MR) is 80.3 cm³/mol. The highest BCUT2D eigenvalue weighted by Gasteiger charge is 2.07. The molecule has 0 unspecified atom stereocenters. The lowest BCUT2D eigenvalue weighted by Gasteiger charge is -2.00. The van der Waals surface area contributed by atoms with Crippen molar-refractivity contribution in [3.8, 4) is 17.5 Å². The lowest BCUT2D eigenvalue weighted by Crippen LogP contribution is -1.87. The van der Waals surface area contributed by atoms with Crippen LogP contribution in [0.5, 0.6) is 0 Å². The molecular formula is C15H11N5S. The number of pyridine rings is 1. The van der Waals surface area contributed by atoms with Gasteiger partial charge in [0.05, 0.1) is 11.6 Å². The van der Waals surface area contributed by atoms with Crippen LogP contribution in [-0.2, 0) is 5.75 Å². The van der Waals surface area contributed by atoms with E-state index in [1.165, 1.54) is 11.8 Å². The monoisotopic (exact) mass is 293 g/mol. The second-order valence-corrected chi connectivity index (χ2v) is 5.20. The summed E-state index contributed by atoms with van der Waals surface area (Å²) in [4.78, 5) is 8.41. The molecule has 5 nitrogen and oxygen atoms in total. The lowest BCUT2D eigenvalue weighted by molar-refractivity contribution is 0.973. The number of hydrogen-bond acceptors (Lipinski definition) is 5. The fourth-order valence-corrected chi connectivity index (χ4v) is 2.65. The number of nitrogens with zero attached hydrogens (tertiary/aromatic N) is 4. The summed E-state index contributed by atoms with van der Waals surface area (Å²) in [6.07, 6.45) is 3.43. The maximum atomic E-state index is 9.07. The van der Waals surface area contributed by atoms with E-state index in [9.17, 15) is 0 Å². The minimum atomic E-state index is 0.662. The summed E-state index contributed by atoms with van der Waals surface area (Å²) in [5.74, 6) is 1.38. The van der Waals surface area contributed by atoms with Gasteiger partial charge in [-0.25, -0.2) is 4.98 Å². The molecule has 0 atom stereocenters. The Morgan fingerprint density at radius 1 is 1.14 bits per heavy atom. The molecule has 0 spiro atoms. The number of nitriles is 1. The van der Waals surface area contributed by atoms with Crippen molar-refractivity contribution in [1.82, 2.24) is 20.2 Å². The second kappa shape index (κ2) is 6.20. The second-order valence-electron chi connectivity index (χ2n) is 4.26. The Morgan fingerprint density at radius 3 is 2.76 bits per heavy atom. The molecule has 1 aromatic carbocycles. The van der Waals surface area contributed by atoms with Crippen LogP contribution < -0.4 is 0 Å². The minimum Gasteiger partial charge on any atom is -0.265 e. The first-order valence-corrected chi connectivity index (χ1v) is 7.29. The Morgan fingerprint density at radius 2 is 1.95 bits per heavy atom. The van der Waals surface area contributed by atoms with E-state index in [1.54, 1.807) is 12.4 Å². The Kier molecular flexibility index (Phi) is 3.94. The van der Waals surface area contributed by atoms with Gasteiger partial charge in [0, 0.05) is 23.7 Å². The molecule has 0 saturated heterocycles. The molecule has 2 aromatic heterocycles. The highest BCUT2D eigenvalue weighted by atomic mass is 32.2. The standard InChI is InChI=1S/C15H11N5S/c16-9-12-3-1-2-4-13(12)10-21-15-18-14(19-20-15)11-5-7-17-8-6-11/h1-8H,10H2,(H,18,19,20). The van der Waals surface area contributed by atoms with E-state index in [2.05, 4.69) is 26.2 Å². The van der Waals surface area contributed by atoms with Crippen LogP contribution in [0, 0.1) is 11.3 Å². The molecule has 0 aliphatic rings. The molecule has 3 rings (SSSR count). The molecule has 6 heteroatoms. The highest BCUT2D eigenvalue weighted by Crippen LogP contribution is 2.23. The van der Waals surface area contributed by atoms with Gasteiger partial charge in [0.1, 0.15) is 0 Å². The molecule has 2 heterocycles. The number of aromatic nitrogens is 4. The van der Waals surface area contributed by atoms with Gasteiger partial charge < -0.3 is 0 Å². The van der Waals surface area contributed by atoms with E-state index in [0.29, 0.717) is 22.3 Å². The third-order valence-electron chi connectivity index (χ3n) is 2.91. The molecule has 0 saturated carbocycles. The van der Waals surface area contributed by atoms with Crippen LogP contribution >= 0.6 is 11.8 Å². The summed E-state index contributed by atoms with van der Waals surface area (Å²) in [5, 5.41) is 16.8. The Labute approximate surface area is 126 Å². The third kappa shape index (κ3) is 3.09. The Balaban J connectivity index is 1.72. The number of H-pyrrole nitrogens is 1. The molecule has 0 aliphatic heterocycles. The first-order valence-electron chi connectivity index (χ1n) is 6.30. The first kappa shape index (κ1) is 13.3. The van der Waals surface area contributed by atoms with Gasteiger partial charge in [0.25, 0.3) is 0 Å². The molecule has 0 radical (unpaired) electrons. The zero-order valence-corrected chi connectivity index (χ0v) is 11.8. The van der Waals surface area contributed by atoms with Gasteiger partial charge in [-0.2, -0.15) is 5.26 Å². The van der Waals surface area contributed by atoms with Crippen molar-refractivity contribution in [2.45, 2.75) is 10.9 Å². The van der Waals surface area contributed by atoms with Gasteiger partial charge in [-0.15, -0.1) is 5.10 Å². The van der Waals surface area contributed by atoms with Gasteiger partial charge in [0.15, 0.2) is 5.82 Å². The number of benzene rings is 1. The molecule has 1 N–H and O–H groups in total. The van der Waals surface area contributed by atoms with Gasteiger partial charge >= 0.3 is 0 Å². The van der Waals surface area contributed by atoms with Crippen molar-refractivity contribution in [3.05, 3.63) is 59.9 Å². The molecule has 0 bridgehead atoms. The molecule has 21 heavy (non-hydrogen) atoms.